The predicted molar refractivity (Wildman–Crippen MR) is 122 cm³/mol. The van der Waals surface area contributed by atoms with E-state index >= 15 is 0 Å². The number of sulfonamides is 1. The van der Waals surface area contributed by atoms with Gasteiger partial charge in [0.2, 0.25) is 10.0 Å². The number of benzene rings is 2. The van der Waals surface area contributed by atoms with Crippen LogP contribution in [0.1, 0.15) is 10.1 Å². The number of methoxy groups -OCH3 is 1. The molecule has 1 fully saturated rings. The van der Waals surface area contributed by atoms with Gasteiger partial charge in [-0.15, -0.1) is 23.5 Å². The number of nitrogens with one attached hydrogen (secondary N) is 1. The Kier molecular flexibility index (Phi) is 7.56. The standard InChI is InChI=1S/C20H24N2O5S3/c1-22(2)30(24,25)16-8-9-18(26-3)17(12-16)21-19(23)13-27-15-6-4-14(5-7-15)20-28-10-11-29-20/h4-9,12,20H,10-11,13H2,1-3H3,(H,21,23). The number of hydrogen-bond acceptors (Lipinski definition) is 7. The van der Waals surface area contributed by atoms with Gasteiger partial charge < -0.3 is 14.8 Å². The van der Waals surface area contributed by atoms with Crippen molar-refractivity contribution in [1.29, 1.82) is 0 Å². The molecule has 1 amide bonds. The highest BCUT2D eigenvalue weighted by atomic mass is 32.2. The first-order chi connectivity index (χ1) is 14.3. The molecule has 0 unspecified atom stereocenters. The smallest absolute Gasteiger partial charge is 0.262 e. The van der Waals surface area contributed by atoms with E-state index in [2.05, 4.69) is 5.32 Å². The van der Waals surface area contributed by atoms with Crippen molar-refractivity contribution >= 4 is 45.1 Å². The number of anilines is 1. The van der Waals surface area contributed by atoms with Gasteiger partial charge in [-0.3, -0.25) is 4.79 Å². The average Bonchev–Trinajstić information content (AvgIpc) is 3.27. The Labute approximate surface area is 185 Å². The number of thioether (sulfide) groups is 2. The molecular weight excluding hydrogens is 444 g/mol. The Morgan fingerprint density at radius 3 is 2.40 bits per heavy atom. The second-order valence-electron chi connectivity index (χ2n) is 6.63. The van der Waals surface area contributed by atoms with Crippen molar-refractivity contribution in [3.8, 4) is 11.5 Å². The molecule has 162 valence electrons. The quantitative estimate of drug-likeness (QED) is 0.635. The molecule has 0 spiro atoms. The number of carbonyl (C=O) groups is 1. The van der Waals surface area contributed by atoms with Crippen LogP contribution in [0.2, 0.25) is 0 Å². The summed E-state index contributed by atoms with van der Waals surface area (Å²) in [7, 11) is 0.705. The van der Waals surface area contributed by atoms with Crippen LogP contribution in [0.25, 0.3) is 0 Å². The molecular formula is C20H24N2O5S3. The summed E-state index contributed by atoms with van der Waals surface area (Å²) in [5.41, 5.74) is 1.50. The molecule has 0 saturated carbocycles. The molecule has 0 bridgehead atoms. The first kappa shape index (κ1) is 22.8. The molecule has 1 saturated heterocycles. The van der Waals surface area contributed by atoms with Gasteiger partial charge in [-0.2, -0.15) is 0 Å². The third kappa shape index (κ3) is 5.42. The number of carbonyl (C=O) groups excluding carboxylic acids is 1. The number of hydrogen-bond donors (Lipinski definition) is 1. The first-order valence-corrected chi connectivity index (χ1v) is 12.7. The molecule has 0 radical (unpaired) electrons. The summed E-state index contributed by atoms with van der Waals surface area (Å²) in [5.74, 6) is 2.86. The maximum Gasteiger partial charge on any atom is 0.262 e. The number of rotatable bonds is 8. The third-order valence-corrected chi connectivity index (χ3v) is 9.28. The van der Waals surface area contributed by atoms with E-state index in [1.54, 1.807) is 0 Å². The fourth-order valence-electron chi connectivity index (χ4n) is 2.76. The molecule has 1 aliphatic heterocycles. The van der Waals surface area contributed by atoms with Crippen LogP contribution >= 0.6 is 23.5 Å². The molecule has 3 rings (SSSR count). The lowest BCUT2D eigenvalue weighted by Gasteiger charge is -2.15. The van der Waals surface area contributed by atoms with Gasteiger partial charge in [-0.05, 0) is 35.9 Å². The Morgan fingerprint density at radius 1 is 1.13 bits per heavy atom. The van der Waals surface area contributed by atoms with Crippen LogP contribution in [-0.2, 0) is 14.8 Å². The largest absolute Gasteiger partial charge is 0.495 e. The van der Waals surface area contributed by atoms with Gasteiger partial charge in [0.1, 0.15) is 11.5 Å². The maximum atomic E-state index is 12.4. The van der Waals surface area contributed by atoms with Crippen molar-refractivity contribution in [1.82, 2.24) is 4.31 Å². The van der Waals surface area contributed by atoms with E-state index in [0.29, 0.717) is 16.1 Å². The Hall–Kier alpha value is -1.88. The summed E-state index contributed by atoms with van der Waals surface area (Å²) in [6.07, 6.45) is 0. The second kappa shape index (κ2) is 9.95. The molecule has 1 aliphatic rings. The number of ether oxygens (including phenoxy) is 2. The van der Waals surface area contributed by atoms with Crippen LogP contribution in [0.4, 0.5) is 5.69 Å². The molecule has 10 heteroatoms. The maximum absolute atomic E-state index is 12.4. The zero-order valence-corrected chi connectivity index (χ0v) is 19.4. The SMILES string of the molecule is COc1ccc(S(=O)(=O)N(C)C)cc1NC(=O)COc1ccc(C2SCCS2)cc1. The lowest BCUT2D eigenvalue weighted by Crippen LogP contribution is -2.23. The van der Waals surface area contributed by atoms with Gasteiger partial charge >= 0.3 is 0 Å². The molecule has 1 heterocycles. The van der Waals surface area contributed by atoms with Crippen LogP contribution in [0.3, 0.4) is 0 Å². The van der Waals surface area contributed by atoms with Gasteiger partial charge in [0.05, 0.1) is 22.3 Å². The van der Waals surface area contributed by atoms with E-state index in [9.17, 15) is 13.2 Å². The van der Waals surface area contributed by atoms with E-state index in [1.807, 2.05) is 47.8 Å². The first-order valence-electron chi connectivity index (χ1n) is 9.17. The van der Waals surface area contributed by atoms with Crippen molar-refractivity contribution in [3.63, 3.8) is 0 Å². The average molecular weight is 469 g/mol. The van der Waals surface area contributed by atoms with E-state index in [0.717, 1.165) is 15.8 Å². The van der Waals surface area contributed by atoms with Gasteiger partial charge in [0, 0.05) is 25.6 Å². The summed E-state index contributed by atoms with van der Waals surface area (Å²) in [5, 5.41) is 2.66. The minimum absolute atomic E-state index is 0.0581. The van der Waals surface area contributed by atoms with Crippen molar-refractivity contribution in [3.05, 3.63) is 48.0 Å². The lowest BCUT2D eigenvalue weighted by molar-refractivity contribution is -0.118. The van der Waals surface area contributed by atoms with E-state index in [1.165, 1.54) is 45.0 Å². The van der Waals surface area contributed by atoms with Crippen molar-refractivity contribution in [2.45, 2.75) is 9.48 Å². The second-order valence-corrected chi connectivity index (χ2v) is 11.5. The highest BCUT2D eigenvalue weighted by Crippen LogP contribution is 2.45. The van der Waals surface area contributed by atoms with E-state index in [-0.39, 0.29) is 17.2 Å². The normalized spacial score (nSPS) is 14.7. The van der Waals surface area contributed by atoms with Crippen LogP contribution in [0, 0.1) is 0 Å². The zero-order valence-electron chi connectivity index (χ0n) is 17.0. The summed E-state index contributed by atoms with van der Waals surface area (Å²) in [6, 6.07) is 12.1. The lowest BCUT2D eigenvalue weighted by atomic mass is 10.2. The topological polar surface area (TPSA) is 84.9 Å². The van der Waals surface area contributed by atoms with Crippen LogP contribution in [0.15, 0.2) is 47.4 Å². The molecule has 2 aromatic rings. The van der Waals surface area contributed by atoms with Crippen molar-refractivity contribution in [2.24, 2.45) is 0 Å². The fourth-order valence-corrected chi connectivity index (χ4v) is 6.55. The van der Waals surface area contributed by atoms with Crippen LogP contribution in [0.5, 0.6) is 11.5 Å². The zero-order chi connectivity index (χ0) is 21.7. The minimum atomic E-state index is -3.63. The van der Waals surface area contributed by atoms with Gasteiger partial charge in [0.15, 0.2) is 6.61 Å². The molecule has 0 aromatic heterocycles. The summed E-state index contributed by atoms with van der Waals surface area (Å²) >= 11 is 3.86. The fraction of sp³-hybridized carbons (Fsp3) is 0.350. The van der Waals surface area contributed by atoms with Crippen LogP contribution in [-0.4, -0.2) is 57.9 Å². The minimum Gasteiger partial charge on any atom is -0.495 e. The highest BCUT2D eigenvalue weighted by Gasteiger charge is 2.20. The van der Waals surface area contributed by atoms with Crippen molar-refractivity contribution < 1.29 is 22.7 Å². The van der Waals surface area contributed by atoms with E-state index in [4.69, 9.17) is 9.47 Å². The molecule has 7 nitrogen and oxygen atoms in total. The highest BCUT2D eigenvalue weighted by molar-refractivity contribution is 8.19. The van der Waals surface area contributed by atoms with E-state index < -0.39 is 15.9 Å². The third-order valence-electron chi connectivity index (χ3n) is 4.37. The molecule has 30 heavy (non-hydrogen) atoms. The van der Waals surface area contributed by atoms with Crippen molar-refractivity contribution in [2.75, 3.05) is 44.6 Å². The number of nitrogens with zero attached hydrogens (tertiary/aromatic N) is 1. The molecule has 2 aromatic carbocycles. The predicted octanol–water partition coefficient (Wildman–Crippen LogP) is 3.44. The Morgan fingerprint density at radius 2 is 1.80 bits per heavy atom. The summed E-state index contributed by atoms with van der Waals surface area (Å²) in [6.45, 7) is -0.208. The number of amides is 1. The van der Waals surface area contributed by atoms with Crippen LogP contribution < -0.4 is 14.8 Å². The molecule has 0 atom stereocenters. The van der Waals surface area contributed by atoms with Gasteiger partial charge in [0.25, 0.3) is 5.91 Å². The Bertz CT molecular complexity index is 988. The summed E-state index contributed by atoms with van der Waals surface area (Å²) < 4.78 is 37.1. The Balaban J connectivity index is 1.64. The monoisotopic (exact) mass is 468 g/mol. The van der Waals surface area contributed by atoms with Gasteiger partial charge in [-0.1, -0.05) is 12.1 Å². The van der Waals surface area contributed by atoms with Gasteiger partial charge in [-0.25, -0.2) is 12.7 Å². The molecule has 1 N–H and O–H groups in total. The summed E-state index contributed by atoms with van der Waals surface area (Å²) in [4.78, 5) is 12.4. The molecule has 0 aliphatic carbocycles.